The second-order valence-corrected chi connectivity index (χ2v) is 6.69. The molecule has 4 heteroatoms. The maximum atomic E-state index is 11.7. The summed E-state index contributed by atoms with van der Waals surface area (Å²) in [5, 5.41) is 6.36. The molecule has 3 nitrogen and oxygen atoms in total. The highest BCUT2D eigenvalue weighted by Crippen LogP contribution is 2.18. The lowest BCUT2D eigenvalue weighted by molar-refractivity contribution is -0.118. The van der Waals surface area contributed by atoms with E-state index in [1.54, 1.807) is 11.8 Å². The van der Waals surface area contributed by atoms with Crippen LogP contribution in [-0.4, -0.2) is 24.7 Å². The van der Waals surface area contributed by atoms with Crippen LogP contribution in [0.4, 0.5) is 0 Å². The van der Waals surface area contributed by atoms with Crippen LogP contribution in [0.3, 0.4) is 0 Å². The summed E-state index contributed by atoms with van der Waals surface area (Å²) in [6, 6.07) is 8.40. The van der Waals surface area contributed by atoms with E-state index in [-0.39, 0.29) is 5.91 Å². The molecule has 1 amide bonds. The number of carbonyl (C=O) groups is 1. The van der Waals surface area contributed by atoms with Gasteiger partial charge >= 0.3 is 0 Å². The van der Waals surface area contributed by atoms with Crippen LogP contribution in [0.25, 0.3) is 0 Å². The molecule has 0 aliphatic rings. The van der Waals surface area contributed by atoms with Gasteiger partial charge in [0.1, 0.15) is 0 Å². The molecular formula is C17H28N2OS. The van der Waals surface area contributed by atoms with Crippen LogP contribution in [0.2, 0.25) is 0 Å². The fourth-order valence-corrected chi connectivity index (χ4v) is 2.66. The van der Waals surface area contributed by atoms with E-state index < -0.39 is 0 Å². The summed E-state index contributed by atoms with van der Waals surface area (Å²) >= 11 is 1.60. The number of hydrogen-bond acceptors (Lipinski definition) is 3. The van der Waals surface area contributed by atoms with Crippen molar-refractivity contribution in [3.8, 4) is 0 Å². The van der Waals surface area contributed by atoms with Crippen molar-refractivity contribution >= 4 is 17.7 Å². The van der Waals surface area contributed by atoms with Gasteiger partial charge in [-0.2, -0.15) is 0 Å². The fraction of sp³-hybridized carbons (Fsp3) is 0.588. The third-order valence-electron chi connectivity index (χ3n) is 3.07. The largest absolute Gasteiger partial charge is 0.355 e. The standard InChI is InChI=1S/C17H28N2OS/c1-4-9-18-12-15-6-5-7-16(11-15)21-13-17(20)19-10-8-14(2)3/h5-7,11,14,18H,4,8-10,12-13H2,1-3H3,(H,19,20). The first-order chi connectivity index (χ1) is 10.1. The zero-order valence-electron chi connectivity index (χ0n) is 13.4. The molecule has 0 aliphatic carbocycles. The minimum atomic E-state index is 0.121. The number of amides is 1. The zero-order chi connectivity index (χ0) is 15.5. The van der Waals surface area contributed by atoms with Gasteiger partial charge in [0, 0.05) is 18.0 Å². The molecule has 2 N–H and O–H groups in total. The van der Waals surface area contributed by atoms with Gasteiger partial charge in [0.15, 0.2) is 0 Å². The van der Waals surface area contributed by atoms with Crippen LogP contribution in [0.5, 0.6) is 0 Å². The second kappa shape index (κ2) is 10.7. The van der Waals surface area contributed by atoms with E-state index in [9.17, 15) is 4.79 Å². The molecule has 0 aromatic heterocycles. The lowest BCUT2D eigenvalue weighted by Gasteiger charge is -2.08. The van der Waals surface area contributed by atoms with Crippen molar-refractivity contribution in [2.45, 2.75) is 45.1 Å². The summed E-state index contributed by atoms with van der Waals surface area (Å²) < 4.78 is 0. The van der Waals surface area contributed by atoms with E-state index in [0.29, 0.717) is 11.7 Å². The van der Waals surface area contributed by atoms with Crippen LogP contribution < -0.4 is 10.6 Å². The van der Waals surface area contributed by atoms with Crippen LogP contribution >= 0.6 is 11.8 Å². The van der Waals surface area contributed by atoms with Crippen molar-refractivity contribution < 1.29 is 4.79 Å². The first kappa shape index (κ1) is 18.1. The van der Waals surface area contributed by atoms with E-state index in [2.05, 4.69) is 55.7 Å². The van der Waals surface area contributed by atoms with Crippen molar-refractivity contribution in [2.75, 3.05) is 18.8 Å². The molecule has 0 fully saturated rings. The van der Waals surface area contributed by atoms with E-state index in [4.69, 9.17) is 0 Å². The van der Waals surface area contributed by atoms with E-state index in [0.717, 1.165) is 37.4 Å². The SMILES string of the molecule is CCCNCc1cccc(SCC(=O)NCCC(C)C)c1. The van der Waals surface area contributed by atoms with Gasteiger partial charge in [-0.1, -0.05) is 32.9 Å². The second-order valence-electron chi connectivity index (χ2n) is 5.65. The van der Waals surface area contributed by atoms with E-state index >= 15 is 0 Å². The maximum absolute atomic E-state index is 11.7. The minimum absolute atomic E-state index is 0.121. The molecule has 0 aliphatic heterocycles. The highest BCUT2D eigenvalue weighted by molar-refractivity contribution is 8.00. The number of thioether (sulfide) groups is 1. The maximum Gasteiger partial charge on any atom is 0.230 e. The molecule has 0 radical (unpaired) electrons. The van der Waals surface area contributed by atoms with Crippen molar-refractivity contribution in [1.82, 2.24) is 10.6 Å². The molecule has 1 rings (SSSR count). The summed E-state index contributed by atoms with van der Waals surface area (Å²) in [5.41, 5.74) is 1.27. The smallest absolute Gasteiger partial charge is 0.230 e. The number of benzene rings is 1. The number of nitrogens with one attached hydrogen (secondary N) is 2. The third kappa shape index (κ3) is 8.79. The zero-order valence-corrected chi connectivity index (χ0v) is 14.3. The average Bonchev–Trinajstić information content (AvgIpc) is 2.45. The Morgan fingerprint density at radius 2 is 2.10 bits per heavy atom. The lowest BCUT2D eigenvalue weighted by Crippen LogP contribution is -2.26. The fourth-order valence-electron chi connectivity index (χ4n) is 1.85. The number of carbonyl (C=O) groups excluding carboxylic acids is 1. The third-order valence-corrected chi connectivity index (χ3v) is 4.06. The van der Waals surface area contributed by atoms with Gasteiger partial charge in [0.05, 0.1) is 5.75 Å². The topological polar surface area (TPSA) is 41.1 Å². The predicted molar refractivity (Wildman–Crippen MR) is 91.6 cm³/mol. The van der Waals surface area contributed by atoms with Crippen LogP contribution in [0.15, 0.2) is 29.2 Å². The molecule has 0 heterocycles. The molecule has 21 heavy (non-hydrogen) atoms. The first-order valence-corrected chi connectivity index (χ1v) is 8.79. The van der Waals surface area contributed by atoms with Gasteiger partial charge < -0.3 is 10.6 Å². The quantitative estimate of drug-likeness (QED) is 0.514. The summed E-state index contributed by atoms with van der Waals surface area (Å²) in [4.78, 5) is 12.9. The predicted octanol–water partition coefficient (Wildman–Crippen LogP) is 3.44. The normalized spacial score (nSPS) is 10.9. The summed E-state index contributed by atoms with van der Waals surface area (Å²) in [6.45, 7) is 9.20. The van der Waals surface area contributed by atoms with Crippen molar-refractivity contribution in [1.29, 1.82) is 0 Å². The van der Waals surface area contributed by atoms with Gasteiger partial charge in [0.25, 0.3) is 0 Å². The lowest BCUT2D eigenvalue weighted by atomic mass is 10.1. The summed E-state index contributed by atoms with van der Waals surface area (Å²) in [6.07, 6.45) is 2.18. The Morgan fingerprint density at radius 1 is 1.29 bits per heavy atom. The van der Waals surface area contributed by atoms with Gasteiger partial charge in [-0.25, -0.2) is 0 Å². The summed E-state index contributed by atoms with van der Waals surface area (Å²) in [5.74, 6) is 1.24. The molecule has 1 aromatic rings. The molecule has 0 bridgehead atoms. The Kier molecular flexibility index (Phi) is 9.19. The van der Waals surface area contributed by atoms with Crippen LogP contribution in [0, 0.1) is 5.92 Å². The van der Waals surface area contributed by atoms with Gasteiger partial charge in [-0.15, -0.1) is 11.8 Å². The minimum Gasteiger partial charge on any atom is -0.355 e. The molecular weight excluding hydrogens is 280 g/mol. The molecule has 1 aromatic carbocycles. The average molecular weight is 308 g/mol. The number of rotatable bonds is 10. The van der Waals surface area contributed by atoms with Crippen molar-refractivity contribution in [2.24, 2.45) is 5.92 Å². The van der Waals surface area contributed by atoms with Crippen LogP contribution in [0.1, 0.15) is 39.2 Å². The van der Waals surface area contributed by atoms with Crippen LogP contribution in [-0.2, 0) is 11.3 Å². The highest BCUT2D eigenvalue weighted by Gasteiger charge is 2.04. The molecule has 0 spiro atoms. The Hall–Kier alpha value is -1.00. The Labute approximate surface area is 133 Å². The highest BCUT2D eigenvalue weighted by atomic mass is 32.2. The Bertz CT molecular complexity index is 421. The molecule has 118 valence electrons. The molecule has 0 saturated carbocycles. The van der Waals surface area contributed by atoms with E-state index in [1.165, 1.54) is 5.56 Å². The number of hydrogen-bond donors (Lipinski definition) is 2. The van der Waals surface area contributed by atoms with Crippen molar-refractivity contribution in [3.63, 3.8) is 0 Å². The van der Waals surface area contributed by atoms with Crippen molar-refractivity contribution in [3.05, 3.63) is 29.8 Å². The first-order valence-electron chi connectivity index (χ1n) is 7.81. The van der Waals surface area contributed by atoms with Gasteiger partial charge in [0.2, 0.25) is 5.91 Å². The molecule has 0 unspecified atom stereocenters. The van der Waals surface area contributed by atoms with Gasteiger partial charge in [-0.3, -0.25) is 4.79 Å². The monoisotopic (exact) mass is 308 g/mol. The van der Waals surface area contributed by atoms with E-state index in [1.807, 2.05) is 0 Å². The molecule has 0 saturated heterocycles. The summed E-state index contributed by atoms with van der Waals surface area (Å²) in [7, 11) is 0. The van der Waals surface area contributed by atoms with Gasteiger partial charge in [-0.05, 0) is 43.0 Å². The Balaban J connectivity index is 2.30. The molecule has 0 atom stereocenters. The Morgan fingerprint density at radius 3 is 2.81 bits per heavy atom.